The molecule has 3 aromatic rings. The minimum atomic E-state index is -0.250. The molecule has 3 N–H and O–H groups in total. The Hall–Kier alpha value is -3.10. The van der Waals surface area contributed by atoms with Crippen LogP contribution in [0.3, 0.4) is 0 Å². The van der Waals surface area contributed by atoms with Crippen LogP contribution in [0.2, 0.25) is 0 Å². The summed E-state index contributed by atoms with van der Waals surface area (Å²) in [6, 6.07) is 11.8. The van der Waals surface area contributed by atoms with Gasteiger partial charge in [-0.15, -0.1) is 0 Å². The highest BCUT2D eigenvalue weighted by molar-refractivity contribution is 5.94. The van der Waals surface area contributed by atoms with E-state index in [4.69, 9.17) is 4.74 Å². The van der Waals surface area contributed by atoms with Gasteiger partial charge in [0.25, 0.3) is 0 Å². The molecule has 8 heteroatoms. The van der Waals surface area contributed by atoms with Gasteiger partial charge in [-0.05, 0) is 35.4 Å². The lowest BCUT2D eigenvalue weighted by molar-refractivity contribution is -0.117. The van der Waals surface area contributed by atoms with E-state index in [2.05, 4.69) is 43.3 Å². The molecule has 0 spiro atoms. The van der Waals surface area contributed by atoms with E-state index in [1.807, 2.05) is 0 Å². The fourth-order valence-corrected chi connectivity index (χ4v) is 4.22. The van der Waals surface area contributed by atoms with Gasteiger partial charge in [0.2, 0.25) is 5.91 Å². The first kappa shape index (κ1) is 18.9. The summed E-state index contributed by atoms with van der Waals surface area (Å²) in [6.45, 7) is 5.70. The first-order chi connectivity index (χ1) is 14.6. The molecular weight excluding hydrogens is 382 g/mol. The molecule has 30 heavy (non-hydrogen) atoms. The van der Waals surface area contributed by atoms with Crippen LogP contribution in [0.4, 0.5) is 5.69 Å². The molecule has 156 valence electrons. The summed E-state index contributed by atoms with van der Waals surface area (Å²) in [4.78, 5) is 33.8. The lowest BCUT2D eigenvalue weighted by atomic mass is 10.1. The Bertz CT molecular complexity index is 1130. The predicted octanol–water partition coefficient (Wildman–Crippen LogP) is 1.55. The Morgan fingerprint density at radius 2 is 1.80 bits per heavy atom. The number of imidazole rings is 1. The second kappa shape index (κ2) is 7.97. The average Bonchev–Trinajstić information content (AvgIpc) is 3.34. The van der Waals surface area contributed by atoms with Gasteiger partial charge >= 0.3 is 5.69 Å². The fraction of sp³-hybridized carbons (Fsp3) is 0.364. The molecule has 2 aliphatic heterocycles. The molecular formula is C22H25N5O3. The summed E-state index contributed by atoms with van der Waals surface area (Å²) >= 11 is 0. The van der Waals surface area contributed by atoms with E-state index < -0.39 is 0 Å². The number of benzene rings is 2. The van der Waals surface area contributed by atoms with E-state index in [-0.39, 0.29) is 11.6 Å². The molecule has 1 saturated heterocycles. The minimum Gasteiger partial charge on any atom is -0.493 e. The number of aromatic amines is 2. The first-order valence-corrected chi connectivity index (χ1v) is 10.3. The van der Waals surface area contributed by atoms with Crippen LogP contribution in [0.15, 0.2) is 41.2 Å². The molecule has 2 aromatic carbocycles. The van der Waals surface area contributed by atoms with Crippen LogP contribution in [0.1, 0.15) is 11.1 Å². The van der Waals surface area contributed by atoms with E-state index in [1.165, 1.54) is 11.1 Å². The van der Waals surface area contributed by atoms with Crippen LogP contribution in [0, 0.1) is 0 Å². The molecule has 0 bridgehead atoms. The summed E-state index contributed by atoms with van der Waals surface area (Å²) in [5, 5.41) is 2.92. The maximum atomic E-state index is 12.4. The van der Waals surface area contributed by atoms with Crippen molar-refractivity contribution >= 4 is 22.6 Å². The molecule has 0 radical (unpaired) electrons. The fourth-order valence-electron chi connectivity index (χ4n) is 4.22. The topological polar surface area (TPSA) is 93.5 Å². The first-order valence-electron chi connectivity index (χ1n) is 10.3. The van der Waals surface area contributed by atoms with E-state index in [1.54, 1.807) is 18.2 Å². The van der Waals surface area contributed by atoms with Crippen molar-refractivity contribution in [2.45, 2.75) is 13.0 Å². The van der Waals surface area contributed by atoms with E-state index >= 15 is 0 Å². The van der Waals surface area contributed by atoms with Crippen molar-refractivity contribution in [3.63, 3.8) is 0 Å². The number of carbonyl (C=O) groups excluding carboxylic acids is 1. The van der Waals surface area contributed by atoms with Gasteiger partial charge in [0.15, 0.2) is 0 Å². The molecule has 1 fully saturated rings. The van der Waals surface area contributed by atoms with Crippen molar-refractivity contribution < 1.29 is 9.53 Å². The van der Waals surface area contributed by atoms with Gasteiger partial charge in [-0.3, -0.25) is 14.6 Å². The van der Waals surface area contributed by atoms with Gasteiger partial charge in [-0.1, -0.05) is 12.1 Å². The highest BCUT2D eigenvalue weighted by Gasteiger charge is 2.20. The number of nitrogens with zero attached hydrogens (tertiary/aromatic N) is 2. The largest absolute Gasteiger partial charge is 0.493 e. The number of carbonyl (C=O) groups is 1. The lowest BCUT2D eigenvalue weighted by Crippen LogP contribution is -2.48. The number of anilines is 1. The third-order valence-electron chi connectivity index (χ3n) is 5.79. The lowest BCUT2D eigenvalue weighted by Gasteiger charge is -2.34. The molecule has 2 aliphatic rings. The van der Waals surface area contributed by atoms with E-state index in [0.717, 1.165) is 57.0 Å². The number of aromatic nitrogens is 2. The normalized spacial score (nSPS) is 17.1. The quantitative estimate of drug-likeness (QED) is 0.597. The zero-order valence-corrected chi connectivity index (χ0v) is 16.7. The summed E-state index contributed by atoms with van der Waals surface area (Å²) < 4.78 is 5.58. The molecule has 0 atom stereocenters. The number of hydrogen-bond donors (Lipinski definition) is 3. The van der Waals surface area contributed by atoms with Crippen molar-refractivity contribution in [1.82, 2.24) is 19.8 Å². The average molecular weight is 407 g/mol. The van der Waals surface area contributed by atoms with Crippen LogP contribution >= 0.6 is 0 Å². The third-order valence-corrected chi connectivity index (χ3v) is 5.79. The predicted molar refractivity (Wildman–Crippen MR) is 115 cm³/mol. The second-order valence-electron chi connectivity index (χ2n) is 7.98. The molecule has 5 rings (SSSR count). The van der Waals surface area contributed by atoms with Crippen LogP contribution in [-0.4, -0.2) is 65.0 Å². The summed E-state index contributed by atoms with van der Waals surface area (Å²) in [7, 11) is 0. The second-order valence-corrected chi connectivity index (χ2v) is 7.98. The van der Waals surface area contributed by atoms with Crippen molar-refractivity contribution in [2.75, 3.05) is 44.6 Å². The number of H-pyrrole nitrogens is 2. The van der Waals surface area contributed by atoms with Gasteiger partial charge in [0.1, 0.15) is 5.75 Å². The standard InChI is InChI=1S/C22H25N5O3/c28-21(23-17-2-3-18-19(12-17)25-22(29)24-18)14-27-8-6-26(7-9-27)13-15-1-4-20-16(11-15)5-10-30-20/h1-4,11-12H,5-10,13-14H2,(H,23,28)(H2,24,25,29). The van der Waals surface area contributed by atoms with Gasteiger partial charge in [0, 0.05) is 44.8 Å². The van der Waals surface area contributed by atoms with Crippen molar-refractivity contribution in [1.29, 1.82) is 0 Å². The Morgan fingerprint density at radius 3 is 2.67 bits per heavy atom. The van der Waals surface area contributed by atoms with E-state index in [9.17, 15) is 9.59 Å². The number of nitrogens with one attached hydrogen (secondary N) is 3. The number of rotatable bonds is 5. The molecule has 3 heterocycles. The van der Waals surface area contributed by atoms with Gasteiger partial charge in [0.05, 0.1) is 24.2 Å². The maximum absolute atomic E-state index is 12.4. The molecule has 0 saturated carbocycles. The molecule has 1 aromatic heterocycles. The van der Waals surface area contributed by atoms with Crippen molar-refractivity contribution in [3.8, 4) is 5.75 Å². The number of piperazine rings is 1. The number of ether oxygens (including phenoxy) is 1. The van der Waals surface area contributed by atoms with Crippen LogP contribution in [0.5, 0.6) is 5.75 Å². The smallest absolute Gasteiger partial charge is 0.323 e. The van der Waals surface area contributed by atoms with Gasteiger partial charge < -0.3 is 20.0 Å². The summed E-state index contributed by atoms with van der Waals surface area (Å²) in [6.07, 6.45) is 0.999. The highest BCUT2D eigenvalue weighted by Crippen LogP contribution is 2.26. The zero-order chi connectivity index (χ0) is 20.5. The SMILES string of the molecule is O=C(CN1CCN(Cc2ccc3c(c2)CCO3)CC1)Nc1ccc2[nH]c(=O)[nH]c2c1. The zero-order valence-electron chi connectivity index (χ0n) is 16.7. The van der Waals surface area contributed by atoms with E-state index in [0.29, 0.717) is 17.7 Å². The monoisotopic (exact) mass is 407 g/mol. The van der Waals surface area contributed by atoms with Crippen LogP contribution in [-0.2, 0) is 17.8 Å². The van der Waals surface area contributed by atoms with Gasteiger partial charge in [-0.2, -0.15) is 0 Å². The van der Waals surface area contributed by atoms with Crippen molar-refractivity contribution in [2.24, 2.45) is 0 Å². The Morgan fingerprint density at radius 1 is 1.00 bits per heavy atom. The minimum absolute atomic E-state index is 0.0423. The van der Waals surface area contributed by atoms with Crippen LogP contribution < -0.4 is 15.7 Å². The Balaban J connectivity index is 1.11. The molecule has 0 unspecified atom stereocenters. The third kappa shape index (κ3) is 4.10. The maximum Gasteiger partial charge on any atom is 0.323 e. The molecule has 1 amide bonds. The Kier molecular flexibility index (Phi) is 5.02. The Labute approximate surface area is 173 Å². The summed E-state index contributed by atoms with van der Waals surface area (Å²) in [5.74, 6) is 0.982. The molecule has 0 aliphatic carbocycles. The van der Waals surface area contributed by atoms with Crippen molar-refractivity contribution in [3.05, 3.63) is 58.0 Å². The molecule has 8 nitrogen and oxygen atoms in total. The van der Waals surface area contributed by atoms with Gasteiger partial charge in [-0.25, -0.2) is 4.79 Å². The number of fused-ring (bicyclic) bond motifs is 2. The summed E-state index contributed by atoms with van der Waals surface area (Å²) in [5.41, 5.74) is 4.48. The number of amides is 1. The highest BCUT2D eigenvalue weighted by atomic mass is 16.5. The van der Waals surface area contributed by atoms with Crippen LogP contribution in [0.25, 0.3) is 11.0 Å². The number of hydrogen-bond acceptors (Lipinski definition) is 5.